The van der Waals surface area contributed by atoms with E-state index in [2.05, 4.69) is 90.0 Å². The lowest BCUT2D eigenvalue weighted by Crippen LogP contribution is -2.21. The van der Waals surface area contributed by atoms with Gasteiger partial charge in [-0.2, -0.15) is 0 Å². The molecule has 2 N–H and O–H groups in total. The maximum Gasteiger partial charge on any atom is 0.124 e. The summed E-state index contributed by atoms with van der Waals surface area (Å²) in [5, 5.41) is 3.65. The van der Waals surface area contributed by atoms with E-state index in [-0.39, 0.29) is 6.04 Å². The third kappa shape index (κ3) is 4.05. The number of hydrogen-bond acceptors (Lipinski definition) is 2. The zero-order chi connectivity index (χ0) is 19.2. The highest BCUT2D eigenvalue weighted by atomic mass is 15.0. The first-order valence-electron chi connectivity index (χ1n) is 9.83. The van der Waals surface area contributed by atoms with Gasteiger partial charge >= 0.3 is 0 Å². The van der Waals surface area contributed by atoms with E-state index in [1.165, 1.54) is 5.56 Å². The fourth-order valence-corrected chi connectivity index (χ4v) is 3.45. The molecule has 0 bridgehead atoms. The maximum absolute atomic E-state index is 5.02. The predicted octanol–water partition coefficient (Wildman–Crippen LogP) is 5.98. The molecule has 28 heavy (non-hydrogen) atoms. The van der Waals surface area contributed by atoms with Crippen LogP contribution in [0.3, 0.4) is 0 Å². The predicted molar refractivity (Wildman–Crippen MR) is 116 cm³/mol. The molecule has 4 rings (SSSR count). The molecule has 3 aromatic carbocycles. The van der Waals surface area contributed by atoms with Gasteiger partial charge in [0.2, 0.25) is 0 Å². The third-order valence-electron chi connectivity index (χ3n) is 4.97. The summed E-state index contributed by atoms with van der Waals surface area (Å²) in [6.45, 7) is 3.01. The fourth-order valence-electron chi connectivity index (χ4n) is 3.45. The molecule has 0 radical (unpaired) electrons. The van der Waals surface area contributed by atoms with Crippen molar-refractivity contribution in [2.75, 3.05) is 0 Å². The maximum atomic E-state index is 5.02. The largest absolute Gasteiger partial charge is 0.340 e. The average Bonchev–Trinajstić information content (AvgIpc) is 3.21. The Hall–Kier alpha value is -3.17. The van der Waals surface area contributed by atoms with Gasteiger partial charge in [0.1, 0.15) is 5.82 Å². The third-order valence-corrected chi connectivity index (χ3v) is 4.97. The number of hydrogen-bond donors (Lipinski definition) is 2. The summed E-state index contributed by atoms with van der Waals surface area (Å²) < 4.78 is 0. The highest BCUT2D eigenvalue weighted by molar-refractivity contribution is 5.78. The van der Waals surface area contributed by atoms with Crippen LogP contribution in [0.4, 0.5) is 0 Å². The molecule has 0 aliphatic carbocycles. The Morgan fingerprint density at radius 3 is 1.96 bits per heavy atom. The van der Waals surface area contributed by atoms with Crippen molar-refractivity contribution in [1.29, 1.82) is 0 Å². The fraction of sp³-hybridized carbons (Fsp3) is 0.160. The van der Waals surface area contributed by atoms with Crippen LogP contribution in [0.25, 0.3) is 22.5 Å². The Balaban J connectivity index is 1.68. The summed E-state index contributed by atoms with van der Waals surface area (Å²) in [6.07, 6.45) is 0.961. The van der Waals surface area contributed by atoms with Crippen molar-refractivity contribution in [2.24, 2.45) is 0 Å². The smallest absolute Gasteiger partial charge is 0.124 e. The van der Waals surface area contributed by atoms with Crippen LogP contribution < -0.4 is 5.32 Å². The SMILES string of the molecule is CC[C@H](NCc1ccccc1)c1nc(-c2ccccc2)c(-c2ccccc2)[nH]1. The minimum Gasteiger partial charge on any atom is -0.340 e. The summed E-state index contributed by atoms with van der Waals surface area (Å²) in [6, 6.07) is 31.5. The summed E-state index contributed by atoms with van der Waals surface area (Å²) in [5.74, 6) is 0.983. The van der Waals surface area contributed by atoms with Crippen molar-refractivity contribution in [3.05, 3.63) is 102 Å². The number of imidazole rings is 1. The quantitative estimate of drug-likeness (QED) is 0.421. The van der Waals surface area contributed by atoms with Crippen LogP contribution in [0, 0.1) is 0 Å². The highest BCUT2D eigenvalue weighted by Gasteiger charge is 2.19. The van der Waals surface area contributed by atoms with Gasteiger partial charge in [-0.3, -0.25) is 0 Å². The molecular weight excluding hydrogens is 342 g/mol. The van der Waals surface area contributed by atoms with Gasteiger partial charge in [-0.25, -0.2) is 4.98 Å². The molecule has 0 unspecified atom stereocenters. The Morgan fingerprint density at radius 1 is 0.786 bits per heavy atom. The molecule has 0 saturated carbocycles. The lowest BCUT2D eigenvalue weighted by atomic mass is 10.1. The Bertz CT molecular complexity index is 935. The lowest BCUT2D eigenvalue weighted by Gasteiger charge is -2.14. The van der Waals surface area contributed by atoms with Gasteiger partial charge < -0.3 is 10.3 Å². The number of H-pyrrole nitrogens is 1. The number of aromatic nitrogens is 2. The summed E-state index contributed by atoms with van der Waals surface area (Å²) in [4.78, 5) is 8.63. The number of rotatable bonds is 7. The summed E-state index contributed by atoms with van der Waals surface area (Å²) in [5.41, 5.74) is 5.63. The highest BCUT2D eigenvalue weighted by Crippen LogP contribution is 2.32. The number of nitrogens with zero attached hydrogens (tertiary/aromatic N) is 1. The molecule has 1 atom stereocenters. The molecule has 3 heteroatoms. The lowest BCUT2D eigenvalue weighted by molar-refractivity contribution is 0.498. The van der Waals surface area contributed by atoms with E-state index in [9.17, 15) is 0 Å². The van der Waals surface area contributed by atoms with Crippen molar-refractivity contribution in [3.63, 3.8) is 0 Å². The van der Waals surface area contributed by atoms with E-state index < -0.39 is 0 Å². The molecule has 1 aromatic heterocycles. The van der Waals surface area contributed by atoms with Gasteiger partial charge in [-0.05, 0) is 12.0 Å². The zero-order valence-electron chi connectivity index (χ0n) is 16.1. The Labute approximate surface area is 166 Å². The van der Waals surface area contributed by atoms with Crippen LogP contribution in [-0.2, 0) is 6.54 Å². The number of aromatic amines is 1. The molecule has 0 amide bonds. The Kier molecular flexibility index (Phi) is 5.64. The molecule has 0 aliphatic heterocycles. The van der Waals surface area contributed by atoms with Crippen molar-refractivity contribution in [1.82, 2.24) is 15.3 Å². The first-order chi connectivity index (χ1) is 13.8. The van der Waals surface area contributed by atoms with Gasteiger partial charge in [-0.15, -0.1) is 0 Å². The molecule has 0 saturated heterocycles. The van der Waals surface area contributed by atoms with Crippen molar-refractivity contribution in [2.45, 2.75) is 25.9 Å². The van der Waals surface area contributed by atoms with Gasteiger partial charge in [0.25, 0.3) is 0 Å². The van der Waals surface area contributed by atoms with E-state index in [1.807, 2.05) is 18.2 Å². The van der Waals surface area contributed by atoms with E-state index in [4.69, 9.17) is 4.98 Å². The minimum absolute atomic E-state index is 0.167. The number of benzene rings is 3. The first kappa shape index (κ1) is 18.2. The molecule has 0 aliphatic rings. The standard InChI is InChI=1S/C25H25N3/c1-2-22(26-18-19-12-6-3-7-13-19)25-27-23(20-14-8-4-9-15-20)24(28-25)21-16-10-5-11-17-21/h3-17,22,26H,2,18H2,1H3,(H,27,28)/t22-/m0/s1. The number of nitrogens with one attached hydrogen (secondary N) is 2. The van der Waals surface area contributed by atoms with E-state index >= 15 is 0 Å². The van der Waals surface area contributed by atoms with Gasteiger partial charge in [-0.1, -0.05) is 97.9 Å². The van der Waals surface area contributed by atoms with Gasteiger partial charge in [0.05, 0.1) is 17.4 Å². The van der Waals surface area contributed by atoms with Gasteiger partial charge in [0, 0.05) is 17.7 Å². The van der Waals surface area contributed by atoms with Crippen LogP contribution >= 0.6 is 0 Å². The first-order valence-corrected chi connectivity index (χ1v) is 9.83. The molecule has 4 aromatic rings. The minimum atomic E-state index is 0.167. The normalized spacial score (nSPS) is 12.0. The molecule has 1 heterocycles. The Morgan fingerprint density at radius 2 is 1.36 bits per heavy atom. The zero-order valence-corrected chi connectivity index (χ0v) is 16.1. The molecule has 0 fully saturated rings. The average molecular weight is 367 g/mol. The van der Waals surface area contributed by atoms with Crippen LogP contribution in [0.2, 0.25) is 0 Å². The second-order valence-corrected chi connectivity index (χ2v) is 6.91. The van der Waals surface area contributed by atoms with Crippen LogP contribution in [0.15, 0.2) is 91.0 Å². The monoisotopic (exact) mass is 367 g/mol. The van der Waals surface area contributed by atoms with E-state index in [1.54, 1.807) is 0 Å². The summed E-state index contributed by atoms with van der Waals surface area (Å²) in [7, 11) is 0. The van der Waals surface area contributed by atoms with E-state index in [0.29, 0.717) is 0 Å². The molecule has 3 nitrogen and oxygen atoms in total. The van der Waals surface area contributed by atoms with Crippen molar-refractivity contribution >= 4 is 0 Å². The van der Waals surface area contributed by atoms with Crippen LogP contribution in [0.5, 0.6) is 0 Å². The van der Waals surface area contributed by atoms with Crippen molar-refractivity contribution < 1.29 is 0 Å². The van der Waals surface area contributed by atoms with Crippen LogP contribution in [0.1, 0.15) is 30.8 Å². The second kappa shape index (κ2) is 8.68. The van der Waals surface area contributed by atoms with Crippen LogP contribution in [-0.4, -0.2) is 9.97 Å². The van der Waals surface area contributed by atoms with Gasteiger partial charge in [0.15, 0.2) is 0 Å². The molecule has 0 spiro atoms. The van der Waals surface area contributed by atoms with E-state index in [0.717, 1.165) is 41.3 Å². The molecular formula is C25H25N3. The van der Waals surface area contributed by atoms with Crippen molar-refractivity contribution in [3.8, 4) is 22.5 Å². The molecule has 140 valence electrons. The summed E-state index contributed by atoms with van der Waals surface area (Å²) >= 11 is 0. The topological polar surface area (TPSA) is 40.7 Å². The second-order valence-electron chi connectivity index (χ2n) is 6.91.